The van der Waals surface area contributed by atoms with Gasteiger partial charge in [-0.05, 0) is 111 Å². The van der Waals surface area contributed by atoms with E-state index >= 15 is 0 Å². The predicted molar refractivity (Wildman–Crippen MR) is 127 cm³/mol. The van der Waals surface area contributed by atoms with Gasteiger partial charge in [0, 0.05) is 5.41 Å². The summed E-state index contributed by atoms with van der Waals surface area (Å²) < 4.78 is 0. The van der Waals surface area contributed by atoms with E-state index in [1.54, 1.807) is 0 Å². The first-order valence-corrected chi connectivity index (χ1v) is 13.5. The second-order valence-electron chi connectivity index (χ2n) is 13.7. The maximum atomic E-state index is 12.5. The molecule has 172 valence electrons. The summed E-state index contributed by atoms with van der Waals surface area (Å²) in [5.41, 5.74) is 0.966. The van der Waals surface area contributed by atoms with E-state index in [1.807, 2.05) is 6.92 Å². The van der Waals surface area contributed by atoms with Gasteiger partial charge >= 0.3 is 0 Å². The molecule has 0 aliphatic heterocycles. The largest absolute Gasteiger partial charge is 0.299 e. The van der Waals surface area contributed by atoms with Crippen molar-refractivity contribution in [2.45, 2.75) is 119 Å². The van der Waals surface area contributed by atoms with Gasteiger partial charge in [0.15, 0.2) is 0 Å². The van der Waals surface area contributed by atoms with Crippen LogP contribution in [-0.4, -0.2) is 5.78 Å². The first kappa shape index (κ1) is 22.8. The monoisotopic (exact) mass is 414 g/mol. The first-order valence-electron chi connectivity index (χ1n) is 13.5. The molecule has 0 heterocycles. The number of carbonyl (C=O) groups excluding carboxylic acids is 1. The highest BCUT2D eigenvalue weighted by atomic mass is 16.1. The maximum absolute atomic E-state index is 12.5. The molecule has 0 aromatic rings. The van der Waals surface area contributed by atoms with Crippen molar-refractivity contribution in [3.05, 3.63) is 0 Å². The van der Waals surface area contributed by atoms with E-state index in [9.17, 15) is 4.79 Å². The second-order valence-corrected chi connectivity index (χ2v) is 13.7. The molecule has 0 bridgehead atoms. The van der Waals surface area contributed by atoms with Crippen LogP contribution >= 0.6 is 0 Å². The molecule has 4 fully saturated rings. The molecule has 0 N–H and O–H groups in total. The van der Waals surface area contributed by atoms with Crippen molar-refractivity contribution in [2.75, 3.05) is 0 Å². The molecule has 0 amide bonds. The summed E-state index contributed by atoms with van der Waals surface area (Å²) in [5.74, 6) is 6.72. The van der Waals surface area contributed by atoms with Crippen LogP contribution in [0.1, 0.15) is 119 Å². The maximum Gasteiger partial charge on any atom is 0.135 e. The highest BCUT2D eigenvalue weighted by Gasteiger charge is 2.63. The van der Waals surface area contributed by atoms with E-state index in [-0.39, 0.29) is 5.41 Å². The lowest BCUT2D eigenvalue weighted by atomic mass is 9.47. The summed E-state index contributed by atoms with van der Waals surface area (Å²) >= 11 is 0. The third kappa shape index (κ3) is 3.53. The Morgan fingerprint density at radius 2 is 1.60 bits per heavy atom. The van der Waals surface area contributed by atoms with Crippen LogP contribution in [0.3, 0.4) is 0 Å². The van der Waals surface area contributed by atoms with Crippen LogP contribution in [0.4, 0.5) is 0 Å². The van der Waals surface area contributed by atoms with E-state index in [1.165, 1.54) is 70.6 Å². The van der Waals surface area contributed by atoms with E-state index < -0.39 is 0 Å². The summed E-state index contributed by atoms with van der Waals surface area (Å²) in [6, 6.07) is 0. The quantitative estimate of drug-likeness (QED) is 0.427. The summed E-state index contributed by atoms with van der Waals surface area (Å²) in [5, 5.41) is 0. The number of hydrogen-bond donors (Lipinski definition) is 0. The Balaban J connectivity index is 1.49. The van der Waals surface area contributed by atoms with Crippen molar-refractivity contribution < 1.29 is 4.79 Å². The van der Waals surface area contributed by atoms with Crippen molar-refractivity contribution >= 4 is 5.78 Å². The highest BCUT2D eigenvalue weighted by Crippen LogP contribution is 2.71. The smallest absolute Gasteiger partial charge is 0.135 e. The van der Waals surface area contributed by atoms with Crippen LogP contribution in [0.15, 0.2) is 0 Å². The third-order valence-electron chi connectivity index (χ3n) is 11.6. The Kier molecular flexibility index (Phi) is 6.03. The molecule has 0 saturated heterocycles. The van der Waals surface area contributed by atoms with Crippen LogP contribution in [-0.2, 0) is 4.79 Å². The molecule has 0 aromatic carbocycles. The number of ketones is 1. The Morgan fingerprint density at radius 1 is 0.900 bits per heavy atom. The molecule has 30 heavy (non-hydrogen) atoms. The van der Waals surface area contributed by atoms with Crippen LogP contribution in [0, 0.1) is 57.7 Å². The summed E-state index contributed by atoms with van der Waals surface area (Å²) in [6.45, 7) is 16.8. The molecule has 1 heteroatoms. The van der Waals surface area contributed by atoms with Gasteiger partial charge in [-0.1, -0.05) is 60.8 Å². The average Bonchev–Trinajstić information content (AvgIpc) is 3.15. The molecule has 0 radical (unpaired) electrons. The number of hydrogen-bond acceptors (Lipinski definition) is 1. The minimum Gasteiger partial charge on any atom is -0.299 e. The van der Waals surface area contributed by atoms with E-state index in [2.05, 4.69) is 41.5 Å². The van der Waals surface area contributed by atoms with Crippen LogP contribution in [0.5, 0.6) is 0 Å². The van der Waals surface area contributed by atoms with Gasteiger partial charge in [-0.3, -0.25) is 4.79 Å². The van der Waals surface area contributed by atoms with Crippen LogP contribution in [0.2, 0.25) is 0 Å². The van der Waals surface area contributed by atoms with Crippen molar-refractivity contribution in [1.82, 2.24) is 0 Å². The molecule has 9 atom stereocenters. The van der Waals surface area contributed by atoms with E-state index in [0.29, 0.717) is 16.6 Å². The van der Waals surface area contributed by atoms with Gasteiger partial charge < -0.3 is 0 Å². The van der Waals surface area contributed by atoms with Gasteiger partial charge in [-0.2, -0.15) is 0 Å². The van der Waals surface area contributed by atoms with Crippen molar-refractivity contribution in [3.63, 3.8) is 0 Å². The fraction of sp³-hybridized carbons (Fsp3) is 0.966. The summed E-state index contributed by atoms with van der Waals surface area (Å²) in [7, 11) is 0. The Hall–Kier alpha value is -0.330. The van der Waals surface area contributed by atoms with Crippen LogP contribution < -0.4 is 0 Å². The van der Waals surface area contributed by atoms with Gasteiger partial charge in [-0.15, -0.1) is 0 Å². The normalized spacial score (nSPS) is 48.9. The molecule has 4 saturated carbocycles. The molecule has 4 aliphatic rings. The van der Waals surface area contributed by atoms with Crippen molar-refractivity contribution in [3.8, 4) is 0 Å². The lowest BCUT2D eigenvalue weighted by Gasteiger charge is -2.58. The third-order valence-corrected chi connectivity index (χ3v) is 11.6. The predicted octanol–water partition coefficient (Wildman–Crippen LogP) is 8.31. The number of Topliss-reactive ketones (excluding diaryl/α,β-unsaturated/α-hetero) is 1. The zero-order valence-electron chi connectivity index (χ0n) is 21.2. The van der Waals surface area contributed by atoms with Gasteiger partial charge in [0.1, 0.15) is 5.78 Å². The Labute approximate surface area is 187 Å². The summed E-state index contributed by atoms with van der Waals surface area (Å²) in [6.07, 6.45) is 15.3. The molecule has 0 spiro atoms. The van der Waals surface area contributed by atoms with E-state index in [4.69, 9.17) is 0 Å². The number of fused-ring (bicyclic) bond motifs is 5. The highest BCUT2D eigenvalue weighted by molar-refractivity contribution is 5.82. The summed E-state index contributed by atoms with van der Waals surface area (Å²) in [4.78, 5) is 12.5. The van der Waals surface area contributed by atoms with Gasteiger partial charge in [0.05, 0.1) is 0 Å². The van der Waals surface area contributed by atoms with Crippen molar-refractivity contribution in [1.29, 1.82) is 0 Å². The molecule has 1 nitrogen and oxygen atoms in total. The first-order chi connectivity index (χ1) is 14.0. The fourth-order valence-corrected chi connectivity index (χ4v) is 9.90. The Morgan fingerprint density at radius 3 is 2.27 bits per heavy atom. The zero-order valence-corrected chi connectivity index (χ0v) is 21.2. The number of carbonyl (C=O) groups is 1. The standard InChI is InChI=1S/C29H50O/c1-19(2)9-8-10-20(3)24-13-14-25-23-12-11-22-17-27(5,21(4)30)18-29(22,7)26(23)15-16-28(24,25)6/h19-20,22-26H,8-18H2,1-7H3/t20-,22+,23+,24-,25+,26+,27-,28-,29+/m1/s1. The van der Waals surface area contributed by atoms with Gasteiger partial charge in [-0.25, -0.2) is 0 Å². The molecule has 0 aromatic heterocycles. The topological polar surface area (TPSA) is 17.1 Å². The molecule has 4 aliphatic carbocycles. The molecule has 0 unspecified atom stereocenters. The lowest BCUT2D eigenvalue weighted by molar-refractivity contribution is -0.126. The minimum atomic E-state index is -0.0435. The lowest BCUT2D eigenvalue weighted by Crippen LogP contribution is -2.51. The van der Waals surface area contributed by atoms with Crippen molar-refractivity contribution in [2.24, 2.45) is 57.7 Å². The molecular formula is C29H50O. The fourth-order valence-electron chi connectivity index (χ4n) is 9.90. The minimum absolute atomic E-state index is 0.0435. The SMILES string of the molecule is CC(=O)[C@]1(C)C[C@@H]2CC[C@@H]3[C@H](CC[C@]4(C)[C@@H]([C@H](C)CCCC(C)C)CC[C@@H]34)[C@@]2(C)C1. The van der Waals surface area contributed by atoms with Gasteiger partial charge in [0.2, 0.25) is 0 Å². The second kappa shape index (κ2) is 7.91. The molecule has 4 rings (SSSR count). The van der Waals surface area contributed by atoms with E-state index in [0.717, 1.165) is 41.4 Å². The average molecular weight is 415 g/mol. The van der Waals surface area contributed by atoms with Gasteiger partial charge in [0.25, 0.3) is 0 Å². The Bertz CT molecular complexity index is 651. The number of rotatable bonds is 6. The molecular weight excluding hydrogens is 364 g/mol. The zero-order chi connectivity index (χ0) is 21.9. The van der Waals surface area contributed by atoms with Crippen LogP contribution in [0.25, 0.3) is 0 Å².